The first kappa shape index (κ1) is 25.0. The van der Waals surface area contributed by atoms with Gasteiger partial charge >= 0.3 is 0 Å². The minimum atomic E-state index is -3.61. The second-order valence-electron chi connectivity index (χ2n) is 7.86. The topological polar surface area (TPSA) is 79.4 Å². The first-order valence-corrected chi connectivity index (χ1v) is 12.9. The lowest BCUT2D eigenvalue weighted by molar-refractivity contribution is 0.0747. The van der Waals surface area contributed by atoms with Gasteiger partial charge in [-0.25, -0.2) is 8.42 Å². The number of piperazine rings is 1. The zero-order valence-corrected chi connectivity index (χ0v) is 21.2. The molecule has 8 nitrogen and oxygen atoms in total. The highest BCUT2D eigenvalue weighted by molar-refractivity contribution is 7.92. The first-order chi connectivity index (χ1) is 15.6. The van der Waals surface area contributed by atoms with Crippen LogP contribution in [0, 0.1) is 6.92 Å². The highest BCUT2D eigenvalue weighted by Crippen LogP contribution is 2.37. The molecule has 10 heteroatoms. The van der Waals surface area contributed by atoms with Gasteiger partial charge in [0.2, 0.25) is 10.0 Å². The minimum absolute atomic E-state index is 0.177. The molecule has 1 saturated heterocycles. The van der Waals surface area contributed by atoms with Gasteiger partial charge in [-0.15, -0.1) is 0 Å². The zero-order chi connectivity index (χ0) is 24.3. The predicted molar refractivity (Wildman–Crippen MR) is 132 cm³/mol. The number of aryl methyl sites for hydroxylation is 1. The molecular formula is C23H30ClN3O5S. The summed E-state index contributed by atoms with van der Waals surface area (Å²) in [7, 11) is -0.660. The number of sulfonamides is 1. The van der Waals surface area contributed by atoms with Gasteiger partial charge in [-0.2, -0.15) is 0 Å². The molecule has 33 heavy (non-hydrogen) atoms. The number of amides is 1. The van der Waals surface area contributed by atoms with Crippen molar-refractivity contribution in [1.82, 2.24) is 4.90 Å². The number of methoxy groups -OCH3 is 2. The number of carbonyl (C=O) groups excluding carboxylic acids is 1. The Morgan fingerprint density at radius 2 is 1.67 bits per heavy atom. The van der Waals surface area contributed by atoms with E-state index in [4.69, 9.17) is 21.1 Å². The number of nitrogens with zero attached hydrogens (tertiary/aromatic N) is 3. The van der Waals surface area contributed by atoms with Crippen LogP contribution < -0.4 is 18.7 Å². The third-order valence-corrected chi connectivity index (χ3v) is 7.26. The van der Waals surface area contributed by atoms with E-state index in [-0.39, 0.29) is 23.7 Å². The summed E-state index contributed by atoms with van der Waals surface area (Å²) in [5.41, 5.74) is 2.70. The van der Waals surface area contributed by atoms with Crippen LogP contribution >= 0.6 is 11.6 Å². The molecule has 1 aliphatic heterocycles. The maximum Gasteiger partial charge on any atom is 0.256 e. The molecule has 0 saturated carbocycles. The van der Waals surface area contributed by atoms with Crippen molar-refractivity contribution in [1.29, 1.82) is 0 Å². The van der Waals surface area contributed by atoms with Gasteiger partial charge in [-0.3, -0.25) is 9.10 Å². The number of carbonyl (C=O) groups is 1. The van der Waals surface area contributed by atoms with Crippen molar-refractivity contribution in [3.63, 3.8) is 0 Å². The molecular weight excluding hydrogens is 466 g/mol. The molecule has 3 rings (SSSR count). The quantitative estimate of drug-likeness (QED) is 0.585. The molecule has 1 fully saturated rings. The van der Waals surface area contributed by atoms with E-state index in [1.54, 1.807) is 24.0 Å². The molecule has 0 bridgehead atoms. The van der Waals surface area contributed by atoms with Crippen LogP contribution in [-0.2, 0) is 10.0 Å². The van der Waals surface area contributed by atoms with E-state index in [9.17, 15) is 13.2 Å². The fourth-order valence-electron chi connectivity index (χ4n) is 4.07. The van der Waals surface area contributed by atoms with Crippen molar-refractivity contribution in [3.05, 3.63) is 46.5 Å². The van der Waals surface area contributed by atoms with Gasteiger partial charge in [0, 0.05) is 49.5 Å². The smallest absolute Gasteiger partial charge is 0.256 e. The van der Waals surface area contributed by atoms with Gasteiger partial charge in [0.25, 0.3) is 5.91 Å². The minimum Gasteiger partial charge on any atom is -0.493 e. The van der Waals surface area contributed by atoms with E-state index in [1.807, 2.05) is 25.1 Å². The summed E-state index contributed by atoms with van der Waals surface area (Å²) in [6, 6.07) is 8.88. The molecule has 0 atom stereocenters. The van der Waals surface area contributed by atoms with Crippen molar-refractivity contribution in [2.24, 2.45) is 0 Å². The Morgan fingerprint density at radius 1 is 1.06 bits per heavy atom. The Kier molecular flexibility index (Phi) is 7.64. The Bertz CT molecular complexity index is 1130. The summed E-state index contributed by atoms with van der Waals surface area (Å²) in [4.78, 5) is 17.5. The summed E-state index contributed by atoms with van der Waals surface area (Å²) in [5.74, 6) is 0.463. The predicted octanol–water partition coefficient (Wildman–Crippen LogP) is 3.41. The van der Waals surface area contributed by atoms with Gasteiger partial charge in [-0.1, -0.05) is 17.7 Å². The van der Waals surface area contributed by atoms with Gasteiger partial charge in [0.05, 0.1) is 31.7 Å². The van der Waals surface area contributed by atoms with E-state index in [0.717, 1.165) is 17.5 Å². The molecule has 1 heterocycles. The molecule has 2 aromatic carbocycles. The summed E-state index contributed by atoms with van der Waals surface area (Å²) in [5, 5.41) is 0.671. The average molecular weight is 496 g/mol. The number of hydrogen-bond donors (Lipinski definition) is 0. The first-order valence-electron chi connectivity index (χ1n) is 10.6. The molecule has 0 aromatic heterocycles. The van der Waals surface area contributed by atoms with Crippen molar-refractivity contribution in [2.75, 3.05) is 62.4 Å². The van der Waals surface area contributed by atoms with Crippen LogP contribution in [0.1, 0.15) is 22.8 Å². The van der Waals surface area contributed by atoms with E-state index in [2.05, 4.69) is 4.90 Å². The van der Waals surface area contributed by atoms with Crippen molar-refractivity contribution < 1.29 is 22.7 Å². The Hall–Kier alpha value is -2.65. The monoisotopic (exact) mass is 495 g/mol. The lowest BCUT2D eigenvalue weighted by atomic mass is 10.1. The number of anilines is 2. The highest BCUT2D eigenvalue weighted by Gasteiger charge is 2.29. The second-order valence-corrected chi connectivity index (χ2v) is 10.2. The highest BCUT2D eigenvalue weighted by atomic mass is 35.5. The van der Waals surface area contributed by atoms with Crippen LogP contribution in [-0.4, -0.2) is 72.4 Å². The van der Waals surface area contributed by atoms with Crippen LogP contribution in [0.4, 0.5) is 11.4 Å². The average Bonchev–Trinajstić information content (AvgIpc) is 2.79. The number of hydrogen-bond acceptors (Lipinski definition) is 6. The summed E-state index contributed by atoms with van der Waals surface area (Å²) < 4.78 is 36.8. The summed E-state index contributed by atoms with van der Waals surface area (Å²) in [6.45, 7) is 6.18. The third-order valence-electron chi connectivity index (χ3n) is 5.77. The van der Waals surface area contributed by atoms with E-state index in [0.29, 0.717) is 42.7 Å². The van der Waals surface area contributed by atoms with E-state index >= 15 is 0 Å². The number of rotatable bonds is 7. The molecule has 180 valence electrons. The molecule has 1 aliphatic rings. The molecule has 1 amide bonds. The Labute approximate surface area is 200 Å². The molecule has 0 N–H and O–H groups in total. The fourth-order valence-corrected chi connectivity index (χ4v) is 5.22. The largest absolute Gasteiger partial charge is 0.493 e. The second kappa shape index (κ2) is 10.1. The molecule has 0 radical (unpaired) electrons. The van der Waals surface area contributed by atoms with Gasteiger partial charge in [0.15, 0.2) is 11.5 Å². The standard InChI is InChI=1S/C23H30ClN3O5S/c1-6-27(33(5,29)30)20-15-22(32-4)21(31-3)14-18(20)23(28)26-11-9-25(10-12-26)19-13-17(24)8-7-16(19)2/h7-8,13-15H,6,9-12H2,1-5H3. The van der Waals surface area contributed by atoms with Crippen molar-refractivity contribution >= 4 is 38.9 Å². The zero-order valence-electron chi connectivity index (χ0n) is 19.6. The lowest BCUT2D eigenvalue weighted by Crippen LogP contribution is -2.49. The lowest BCUT2D eigenvalue weighted by Gasteiger charge is -2.37. The van der Waals surface area contributed by atoms with Crippen LogP contribution in [0.5, 0.6) is 11.5 Å². The molecule has 0 aliphatic carbocycles. The number of halogens is 1. The van der Waals surface area contributed by atoms with E-state index in [1.165, 1.54) is 18.5 Å². The van der Waals surface area contributed by atoms with Crippen LogP contribution in [0.25, 0.3) is 0 Å². The Balaban J connectivity index is 1.92. The van der Waals surface area contributed by atoms with Gasteiger partial charge in [0.1, 0.15) is 0 Å². The number of ether oxygens (including phenoxy) is 2. The third kappa shape index (κ3) is 5.30. The maximum absolute atomic E-state index is 13.6. The van der Waals surface area contributed by atoms with Crippen molar-refractivity contribution in [3.8, 4) is 11.5 Å². The van der Waals surface area contributed by atoms with Crippen LogP contribution in [0.2, 0.25) is 5.02 Å². The molecule has 0 unspecified atom stereocenters. The fraction of sp³-hybridized carbons (Fsp3) is 0.435. The Morgan fingerprint density at radius 3 is 2.21 bits per heavy atom. The van der Waals surface area contributed by atoms with Crippen LogP contribution in [0.15, 0.2) is 30.3 Å². The van der Waals surface area contributed by atoms with Crippen molar-refractivity contribution in [2.45, 2.75) is 13.8 Å². The normalized spacial score (nSPS) is 14.2. The summed E-state index contributed by atoms with van der Waals surface area (Å²) >= 11 is 6.18. The van der Waals surface area contributed by atoms with E-state index < -0.39 is 10.0 Å². The van der Waals surface area contributed by atoms with Gasteiger partial charge < -0.3 is 19.3 Å². The van der Waals surface area contributed by atoms with Crippen LogP contribution in [0.3, 0.4) is 0 Å². The molecule has 2 aromatic rings. The SMILES string of the molecule is CCN(c1cc(OC)c(OC)cc1C(=O)N1CCN(c2cc(Cl)ccc2C)CC1)S(C)(=O)=O. The molecule has 0 spiro atoms. The maximum atomic E-state index is 13.6. The number of benzene rings is 2. The van der Waals surface area contributed by atoms with Gasteiger partial charge in [-0.05, 0) is 37.6 Å². The summed E-state index contributed by atoms with van der Waals surface area (Å²) in [6.07, 6.45) is 1.12.